The Kier molecular flexibility index (Phi) is 10.3. The largest absolute Gasteiger partial charge is 0.269 e. The summed E-state index contributed by atoms with van der Waals surface area (Å²) in [6.07, 6.45) is 3.42. The number of aromatic nitrogens is 12. The van der Waals surface area contributed by atoms with Crippen LogP contribution in [0.1, 0.15) is 33.4 Å². The summed E-state index contributed by atoms with van der Waals surface area (Å²) in [5, 5.41) is 60.1. The van der Waals surface area contributed by atoms with Gasteiger partial charge in [-0.2, -0.15) is 19.8 Å². The Morgan fingerprint density at radius 2 is 0.914 bits per heavy atom. The quantitative estimate of drug-likeness (QED) is 0.0635. The number of tetrazole rings is 2. The van der Waals surface area contributed by atoms with E-state index in [2.05, 4.69) is 67.2 Å². The molecular formula is C38H32N14O4S2. The van der Waals surface area contributed by atoms with Gasteiger partial charge in [-0.3, -0.25) is 20.2 Å². The van der Waals surface area contributed by atoms with Crippen molar-refractivity contribution in [3.8, 4) is 34.2 Å². The first-order valence-corrected chi connectivity index (χ1v) is 19.8. The highest BCUT2D eigenvalue weighted by atomic mass is 33.1. The summed E-state index contributed by atoms with van der Waals surface area (Å²) >= 11 is 0. The lowest BCUT2D eigenvalue weighted by molar-refractivity contribution is -0.385. The standard InChI is InChI=1S/C38H32N14O4S2/c1-23-13-24(2)16-31(15-23)49-37(33(19-39-49)35-41-45-47(43-35)21-27-5-9-29(10-6-27)51(53)54)57-58-38-34(20-40-50(38)32-17-25(3)14-26(4)18-32)36-42-46-48(44-36)22-28-7-11-30(12-8-28)52(55)56/h5-20H,21-22H2,1-4H3. The molecule has 4 aromatic heterocycles. The summed E-state index contributed by atoms with van der Waals surface area (Å²) in [6.45, 7) is 8.64. The van der Waals surface area contributed by atoms with Crippen LogP contribution in [-0.2, 0) is 13.1 Å². The lowest BCUT2D eigenvalue weighted by Gasteiger charge is -2.12. The van der Waals surface area contributed by atoms with E-state index in [0.29, 0.717) is 22.8 Å². The molecule has 0 unspecified atom stereocenters. The second kappa shape index (κ2) is 15.8. The molecule has 0 amide bonds. The molecule has 0 aliphatic heterocycles. The molecule has 4 aromatic carbocycles. The van der Waals surface area contributed by atoms with Gasteiger partial charge < -0.3 is 0 Å². The van der Waals surface area contributed by atoms with Crippen molar-refractivity contribution in [3.05, 3.63) is 151 Å². The summed E-state index contributed by atoms with van der Waals surface area (Å²) in [5.41, 5.74) is 8.80. The molecule has 0 spiro atoms. The molecule has 18 nitrogen and oxygen atoms in total. The van der Waals surface area contributed by atoms with E-state index in [-0.39, 0.29) is 24.5 Å². The number of rotatable bonds is 13. The minimum atomic E-state index is -0.442. The first kappa shape index (κ1) is 37.8. The van der Waals surface area contributed by atoms with Crippen molar-refractivity contribution >= 4 is 33.0 Å². The topological polar surface area (TPSA) is 209 Å². The molecule has 58 heavy (non-hydrogen) atoms. The summed E-state index contributed by atoms with van der Waals surface area (Å²) in [4.78, 5) is 24.3. The Morgan fingerprint density at radius 3 is 1.26 bits per heavy atom. The van der Waals surface area contributed by atoms with E-state index < -0.39 is 9.85 Å². The Balaban J connectivity index is 1.16. The molecular weight excluding hydrogens is 781 g/mol. The van der Waals surface area contributed by atoms with Crippen LogP contribution in [0.2, 0.25) is 0 Å². The van der Waals surface area contributed by atoms with Gasteiger partial charge in [-0.1, -0.05) is 36.4 Å². The maximum absolute atomic E-state index is 11.2. The van der Waals surface area contributed by atoms with Crippen molar-refractivity contribution in [1.82, 2.24) is 60.0 Å². The highest BCUT2D eigenvalue weighted by Crippen LogP contribution is 2.46. The average molecular weight is 813 g/mol. The average Bonchev–Trinajstić information content (AvgIpc) is 4.00. The van der Waals surface area contributed by atoms with Gasteiger partial charge in [0.2, 0.25) is 11.6 Å². The number of nitro benzene ring substituents is 2. The minimum Gasteiger partial charge on any atom is -0.258 e. The van der Waals surface area contributed by atoms with Crippen LogP contribution in [0.25, 0.3) is 34.2 Å². The Labute approximate surface area is 337 Å². The molecule has 8 aromatic rings. The second-order valence-electron chi connectivity index (χ2n) is 13.5. The maximum Gasteiger partial charge on any atom is 0.269 e. The van der Waals surface area contributed by atoms with Crippen molar-refractivity contribution in [3.63, 3.8) is 0 Å². The summed E-state index contributed by atoms with van der Waals surface area (Å²) in [7, 11) is 2.87. The molecule has 0 saturated heterocycles. The van der Waals surface area contributed by atoms with Crippen LogP contribution in [0, 0.1) is 47.9 Å². The summed E-state index contributed by atoms with van der Waals surface area (Å²) in [5.74, 6) is 0.694. The number of hydrogen-bond donors (Lipinski definition) is 0. The molecule has 4 heterocycles. The van der Waals surface area contributed by atoms with Gasteiger partial charge in [0.25, 0.3) is 11.4 Å². The number of aryl methyl sites for hydroxylation is 4. The predicted molar refractivity (Wildman–Crippen MR) is 216 cm³/mol. The second-order valence-corrected chi connectivity index (χ2v) is 15.6. The van der Waals surface area contributed by atoms with Crippen LogP contribution in [0.4, 0.5) is 11.4 Å². The zero-order chi connectivity index (χ0) is 40.5. The molecule has 0 saturated carbocycles. The fourth-order valence-corrected chi connectivity index (χ4v) is 8.85. The van der Waals surface area contributed by atoms with Crippen LogP contribution >= 0.6 is 21.6 Å². The van der Waals surface area contributed by atoms with Crippen LogP contribution in [0.15, 0.2) is 107 Å². The predicted octanol–water partition coefficient (Wildman–Crippen LogP) is 7.31. The maximum atomic E-state index is 11.2. The van der Waals surface area contributed by atoms with Gasteiger partial charge in [-0.05, 0) is 117 Å². The zero-order valence-corrected chi connectivity index (χ0v) is 33.0. The Hall–Kier alpha value is -7.06. The first-order valence-electron chi connectivity index (χ1n) is 17.7. The van der Waals surface area contributed by atoms with Crippen LogP contribution < -0.4 is 0 Å². The number of nitro groups is 2. The van der Waals surface area contributed by atoms with Crippen molar-refractivity contribution in [2.75, 3.05) is 0 Å². The third kappa shape index (κ3) is 8.09. The van der Waals surface area contributed by atoms with Crippen LogP contribution in [-0.4, -0.2) is 69.8 Å². The lowest BCUT2D eigenvalue weighted by atomic mass is 10.1. The summed E-state index contributed by atoms with van der Waals surface area (Å²) < 4.78 is 3.69. The number of hydrogen-bond acceptors (Lipinski definition) is 14. The van der Waals surface area contributed by atoms with E-state index in [4.69, 9.17) is 10.2 Å². The molecule has 8 rings (SSSR count). The van der Waals surface area contributed by atoms with Gasteiger partial charge in [0.05, 0.1) is 57.8 Å². The van der Waals surface area contributed by atoms with E-state index in [1.165, 1.54) is 55.4 Å². The minimum absolute atomic E-state index is 0.00127. The van der Waals surface area contributed by atoms with E-state index in [1.807, 2.05) is 37.1 Å². The SMILES string of the molecule is Cc1cc(C)cc(-n2ncc(-c3nnn(Cc4ccc([N+](=O)[O-])cc4)n3)c2SSc2c(-c3nnn(Cc4ccc([N+](=O)[O-])cc4)n3)cnn2-c2cc(C)cc(C)c2)c1. The van der Waals surface area contributed by atoms with E-state index >= 15 is 0 Å². The zero-order valence-electron chi connectivity index (χ0n) is 31.4. The molecule has 20 heteroatoms. The molecule has 0 bridgehead atoms. The smallest absolute Gasteiger partial charge is 0.258 e. The van der Waals surface area contributed by atoms with E-state index in [0.717, 1.165) is 54.8 Å². The molecule has 0 atom stereocenters. The highest BCUT2D eigenvalue weighted by molar-refractivity contribution is 8.76. The van der Waals surface area contributed by atoms with Gasteiger partial charge in [0.1, 0.15) is 10.1 Å². The Morgan fingerprint density at radius 1 is 0.552 bits per heavy atom. The Bertz CT molecular complexity index is 2580. The lowest BCUT2D eigenvalue weighted by Crippen LogP contribution is -2.04. The first-order chi connectivity index (χ1) is 28.0. The van der Waals surface area contributed by atoms with Gasteiger partial charge in [-0.25, -0.2) is 9.36 Å². The molecule has 0 N–H and O–H groups in total. The number of benzene rings is 4. The van der Waals surface area contributed by atoms with E-state index in [9.17, 15) is 20.2 Å². The molecule has 0 aliphatic carbocycles. The molecule has 290 valence electrons. The van der Waals surface area contributed by atoms with Crippen molar-refractivity contribution in [1.29, 1.82) is 0 Å². The fraction of sp³-hybridized carbons (Fsp3) is 0.158. The van der Waals surface area contributed by atoms with Crippen molar-refractivity contribution < 1.29 is 9.85 Å². The number of non-ortho nitro benzene ring substituents is 2. The molecule has 0 radical (unpaired) electrons. The fourth-order valence-electron chi connectivity index (χ4n) is 6.34. The third-order valence-corrected chi connectivity index (χ3v) is 11.3. The molecule has 0 fully saturated rings. The van der Waals surface area contributed by atoms with Crippen LogP contribution in [0.3, 0.4) is 0 Å². The van der Waals surface area contributed by atoms with Gasteiger partial charge >= 0.3 is 0 Å². The van der Waals surface area contributed by atoms with Gasteiger partial charge in [0, 0.05) is 24.3 Å². The van der Waals surface area contributed by atoms with Gasteiger partial charge in [-0.15, -0.1) is 20.4 Å². The van der Waals surface area contributed by atoms with E-state index in [1.54, 1.807) is 36.7 Å². The normalized spacial score (nSPS) is 11.3. The van der Waals surface area contributed by atoms with Crippen LogP contribution in [0.5, 0.6) is 0 Å². The van der Waals surface area contributed by atoms with Gasteiger partial charge in [0.15, 0.2) is 0 Å². The third-order valence-electron chi connectivity index (χ3n) is 8.88. The monoisotopic (exact) mass is 812 g/mol. The number of nitrogens with zero attached hydrogens (tertiary/aromatic N) is 14. The molecule has 0 aliphatic rings. The van der Waals surface area contributed by atoms with Crippen molar-refractivity contribution in [2.24, 2.45) is 0 Å². The summed E-state index contributed by atoms with van der Waals surface area (Å²) in [6, 6.07) is 24.8. The highest BCUT2D eigenvalue weighted by Gasteiger charge is 2.25. The van der Waals surface area contributed by atoms with Crippen molar-refractivity contribution in [2.45, 2.75) is 50.8 Å².